The molecule has 0 saturated carbocycles. The molecule has 3 N–H and O–H groups in total. The molecule has 0 spiro atoms. The van der Waals surface area contributed by atoms with Crippen molar-refractivity contribution in [1.29, 1.82) is 0 Å². The van der Waals surface area contributed by atoms with E-state index in [1.54, 1.807) is 21.0 Å². The van der Waals surface area contributed by atoms with Crippen molar-refractivity contribution in [2.24, 2.45) is 0 Å². The second-order valence-electron chi connectivity index (χ2n) is 4.24. The van der Waals surface area contributed by atoms with E-state index >= 15 is 0 Å². The molecule has 7 nitrogen and oxygen atoms in total. The van der Waals surface area contributed by atoms with Crippen LogP contribution in [0.2, 0.25) is 0 Å². The largest absolute Gasteiger partial charge is 0.480 e. The van der Waals surface area contributed by atoms with E-state index in [4.69, 9.17) is 5.11 Å². The summed E-state index contributed by atoms with van der Waals surface area (Å²) in [4.78, 5) is 35.4. The second kappa shape index (κ2) is 8.63. The van der Waals surface area contributed by atoms with Gasteiger partial charge in [-0.15, -0.1) is 0 Å². The minimum absolute atomic E-state index is 0.258. The Bertz CT molecular complexity index is 336. The summed E-state index contributed by atoms with van der Waals surface area (Å²) >= 11 is 1.50. The first-order valence-corrected chi connectivity index (χ1v) is 7.19. The number of carbonyl (C=O) groups excluding carboxylic acids is 2. The van der Waals surface area contributed by atoms with Crippen molar-refractivity contribution in [2.75, 3.05) is 26.1 Å². The molecule has 19 heavy (non-hydrogen) atoms. The van der Waals surface area contributed by atoms with Crippen LogP contribution in [0.15, 0.2) is 0 Å². The smallest absolute Gasteiger partial charge is 0.326 e. The van der Waals surface area contributed by atoms with Crippen molar-refractivity contribution in [2.45, 2.75) is 25.4 Å². The Hall–Kier alpha value is -1.44. The van der Waals surface area contributed by atoms with Crippen molar-refractivity contribution in [3.63, 3.8) is 0 Å². The molecule has 0 bridgehead atoms. The summed E-state index contributed by atoms with van der Waals surface area (Å²) in [6, 6.07) is -2.31. The van der Waals surface area contributed by atoms with Gasteiger partial charge in [0.1, 0.15) is 12.1 Å². The number of carboxylic acid groups (broad SMARTS) is 1. The van der Waals surface area contributed by atoms with Gasteiger partial charge < -0.3 is 20.6 Å². The van der Waals surface area contributed by atoms with E-state index in [0.717, 1.165) is 0 Å². The zero-order chi connectivity index (χ0) is 15.0. The monoisotopic (exact) mass is 291 g/mol. The number of aliphatic carboxylic acids is 1. The van der Waals surface area contributed by atoms with Crippen molar-refractivity contribution < 1.29 is 19.5 Å². The van der Waals surface area contributed by atoms with E-state index in [1.807, 2.05) is 6.26 Å². The molecule has 0 aromatic rings. The number of likely N-dealkylation sites (N-methyl/N-ethyl adjacent to an activating group) is 1. The van der Waals surface area contributed by atoms with Gasteiger partial charge in [0.2, 0.25) is 5.91 Å². The van der Waals surface area contributed by atoms with Gasteiger partial charge in [-0.25, -0.2) is 9.59 Å². The normalized spacial score (nSPS) is 13.3. The van der Waals surface area contributed by atoms with Crippen molar-refractivity contribution in [3.8, 4) is 0 Å². The van der Waals surface area contributed by atoms with Crippen LogP contribution in [-0.4, -0.2) is 66.1 Å². The van der Waals surface area contributed by atoms with Gasteiger partial charge in [0.25, 0.3) is 0 Å². The molecule has 0 aromatic carbocycles. The quantitative estimate of drug-likeness (QED) is 0.612. The number of thioether (sulfide) groups is 1. The van der Waals surface area contributed by atoms with E-state index in [1.165, 1.54) is 16.7 Å². The molecule has 3 amide bonds. The number of nitrogens with one attached hydrogen (secondary N) is 2. The number of hydrogen-bond donors (Lipinski definition) is 3. The summed E-state index contributed by atoms with van der Waals surface area (Å²) in [5.41, 5.74) is 0. The molecule has 0 radical (unpaired) electrons. The Morgan fingerprint density at radius 2 is 1.84 bits per heavy atom. The number of carboxylic acids is 1. The van der Waals surface area contributed by atoms with Crippen molar-refractivity contribution in [1.82, 2.24) is 15.5 Å². The lowest BCUT2D eigenvalue weighted by Gasteiger charge is -2.20. The number of rotatable bonds is 7. The van der Waals surface area contributed by atoms with Gasteiger partial charge in [-0.1, -0.05) is 0 Å². The fraction of sp³-hybridized carbons (Fsp3) is 0.727. The van der Waals surface area contributed by atoms with Gasteiger partial charge in [-0.05, 0) is 25.4 Å². The maximum absolute atomic E-state index is 11.6. The predicted octanol–water partition coefficient (Wildman–Crippen LogP) is -0.0314. The van der Waals surface area contributed by atoms with Crippen molar-refractivity contribution >= 4 is 29.7 Å². The molecule has 0 aliphatic carbocycles. The Kier molecular flexibility index (Phi) is 7.97. The van der Waals surface area contributed by atoms with E-state index in [9.17, 15) is 14.4 Å². The van der Waals surface area contributed by atoms with Gasteiger partial charge in [0, 0.05) is 14.1 Å². The molecule has 0 aliphatic heterocycles. The molecule has 0 fully saturated rings. The highest BCUT2D eigenvalue weighted by atomic mass is 32.2. The SMILES string of the molecule is CSCC[C@H](NC(=O)NC(C)C(=O)N(C)C)C(=O)O. The lowest BCUT2D eigenvalue weighted by Crippen LogP contribution is -2.52. The summed E-state index contributed by atoms with van der Waals surface area (Å²) in [6.07, 6.45) is 2.19. The highest BCUT2D eigenvalue weighted by Crippen LogP contribution is 2.01. The number of urea groups is 1. The Morgan fingerprint density at radius 3 is 2.26 bits per heavy atom. The molecular formula is C11H21N3O4S. The van der Waals surface area contributed by atoms with E-state index in [2.05, 4.69) is 10.6 Å². The van der Waals surface area contributed by atoms with Crippen LogP contribution in [0.3, 0.4) is 0 Å². The molecule has 1 unspecified atom stereocenters. The maximum Gasteiger partial charge on any atom is 0.326 e. The third-order valence-corrected chi connectivity index (χ3v) is 3.02. The summed E-state index contributed by atoms with van der Waals surface area (Å²) in [6.45, 7) is 1.54. The van der Waals surface area contributed by atoms with E-state index in [0.29, 0.717) is 12.2 Å². The fourth-order valence-electron chi connectivity index (χ4n) is 1.34. The highest BCUT2D eigenvalue weighted by Gasteiger charge is 2.22. The average Bonchev–Trinajstić information content (AvgIpc) is 2.32. The van der Waals surface area contributed by atoms with Crippen LogP contribution < -0.4 is 10.6 Å². The van der Waals surface area contributed by atoms with Crippen LogP contribution in [0.5, 0.6) is 0 Å². The van der Waals surface area contributed by atoms with Crippen LogP contribution in [0.4, 0.5) is 4.79 Å². The van der Waals surface area contributed by atoms with E-state index in [-0.39, 0.29) is 5.91 Å². The highest BCUT2D eigenvalue weighted by molar-refractivity contribution is 7.98. The molecule has 2 atom stereocenters. The molecule has 0 aromatic heterocycles. The Morgan fingerprint density at radius 1 is 1.26 bits per heavy atom. The van der Waals surface area contributed by atoms with E-state index < -0.39 is 24.1 Å². The van der Waals surface area contributed by atoms with Crippen LogP contribution in [-0.2, 0) is 9.59 Å². The van der Waals surface area contributed by atoms with Gasteiger partial charge in [0.05, 0.1) is 0 Å². The number of amides is 3. The Labute approximate surface area is 117 Å². The minimum Gasteiger partial charge on any atom is -0.480 e. The predicted molar refractivity (Wildman–Crippen MR) is 74.2 cm³/mol. The lowest BCUT2D eigenvalue weighted by atomic mass is 10.2. The van der Waals surface area contributed by atoms with Gasteiger partial charge >= 0.3 is 12.0 Å². The number of hydrogen-bond acceptors (Lipinski definition) is 4. The third kappa shape index (κ3) is 6.90. The first-order valence-electron chi connectivity index (χ1n) is 5.79. The molecular weight excluding hydrogens is 270 g/mol. The molecule has 8 heteroatoms. The van der Waals surface area contributed by atoms with Gasteiger partial charge in [-0.2, -0.15) is 11.8 Å². The zero-order valence-corrected chi connectivity index (χ0v) is 12.4. The number of carbonyl (C=O) groups is 3. The molecule has 0 saturated heterocycles. The summed E-state index contributed by atoms with van der Waals surface area (Å²) in [5.74, 6) is -0.717. The number of nitrogens with zero attached hydrogens (tertiary/aromatic N) is 1. The molecule has 0 rings (SSSR count). The van der Waals surface area contributed by atoms with Crippen molar-refractivity contribution in [3.05, 3.63) is 0 Å². The minimum atomic E-state index is -1.09. The molecule has 0 aliphatic rings. The maximum atomic E-state index is 11.6. The summed E-state index contributed by atoms with van der Waals surface area (Å²) in [7, 11) is 3.16. The fourth-order valence-corrected chi connectivity index (χ4v) is 1.81. The molecule has 0 heterocycles. The standard InChI is InChI=1S/C11H21N3O4S/c1-7(9(15)14(2)3)12-11(18)13-8(10(16)17)5-6-19-4/h7-8H,5-6H2,1-4H3,(H,16,17)(H2,12,13,18)/t7?,8-/m0/s1. The van der Waals surface area contributed by atoms with Gasteiger partial charge in [-0.3, -0.25) is 4.79 Å². The first-order chi connectivity index (χ1) is 8.79. The van der Waals surface area contributed by atoms with Crippen LogP contribution in [0.1, 0.15) is 13.3 Å². The van der Waals surface area contributed by atoms with Crippen LogP contribution >= 0.6 is 11.8 Å². The zero-order valence-electron chi connectivity index (χ0n) is 11.6. The topological polar surface area (TPSA) is 98.7 Å². The van der Waals surface area contributed by atoms with Gasteiger partial charge in [0.15, 0.2) is 0 Å². The third-order valence-electron chi connectivity index (χ3n) is 2.37. The summed E-state index contributed by atoms with van der Waals surface area (Å²) < 4.78 is 0. The second-order valence-corrected chi connectivity index (χ2v) is 5.23. The van der Waals surface area contributed by atoms with Crippen LogP contribution in [0, 0.1) is 0 Å². The molecule has 110 valence electrons. The Balaban J connectivity index is 4.33. The summed E-state index contributed by atoms with van der Waals surface area (Å²) in [5, 5.41) is 13.7. The first kappa shape index (κ1) is 17.6. The lowest BCUT2D eigenvalue weighted by molar-refractivity contribution is -0.139. The average molecular weight is 291 g/mol. The van der Waals surface area contributed by atoms with Crippen LogP contribution in [0.25, 0.3) is 0 Å².